The van der Waals surface area contributed by atoms with E-state index in [9.17, 15) is 9.59 Å². The van der Waals surface area contributed by atoms with Crippen molar-refractivity contribution in [2.45, 2.75) is 38.7 Å². The molecule has 0 bridgehead atoms. The van der Waals surface area contributed by atoms with Crippen LogP contribution in [0.5, 0.6) is 5.75 Å². The molecule has 0 radical (unpaired) electrons. The van der Waals surface area contributed by atoms with Gasteiger partial charge in [-0.3, -0.25) is 9.59 Å². The smallest absolute Gasteiger partial charge is 0.267 e. The molecule has 2 amide bonds. The minimum Gasteiger partial charge on any atom is -0.478 e. The van der Waals surface area contributed by atoms with Gasteiger partial charge in [0.05, 0.1) is 0 Å². The Morgan fingerprint density at radius 1 is 1.15 bits per heavy atom. The summed E-state index contributed by atoms with van der Waals surface area (Å²) in [5.41, 5.74) is 0.350. The molecule has 6 heteroatoms. The summed E-state index contributed by atoms with van der Waals surface area (Å²) in [5, 5.41) is 3.49. The number of benzene rings is 2. The van der Waals surface area contributed by atoms with Crippen LogP contribution >= 0.6 is 11.6 Å². The van der Waals surface area contributed by atoms with E-state index in [2.05, 4.69) is 5.32 Å². The Morgan fingerprint density at radius 2 is 1.89 bits per heavy atom. The van der Waals surface area contributed by atoms with Crippen LogP contribution in [0.1, 0.15) is 33.1 Å². The van der Waals surface area contributed by atoms with Crippen LogP contribution in [0.3, 0.4) is 0 Å². The van der Waals surface area contributed by atoms with Crippen LogP contribution in [0.15, 0.2) is 48.5 Å². The van der Waals surface area contributed by atoms with Gasteiger partial charge in [-0.15, -0.1) is 0 Å². The van der Waals surface area contributed by atoms with Crippen LogP contribution in [0, 0.1) is 0 Å². The van der Waals surface area contributed by atoms with Gasteiger partial charge in [0.2, 0.25) is 5.91 Å². The van der Waals surface area contributed by atoms with E-state index in [0.717, 1.165) is 18.5 Å². The zero-order valence-corrected chi connectivity index (χ0v) is 16.3. The van der Waals surface area contributed by atoms with E-state index < -0.39 is 5.60 Å². The Morgan fingerprint density at radius 3 is 2.59 bits per heavy atom. The lowest BCUT2D eigenvalue weighted by atomic mass is 10.1. The molecule has 0 spiro atoms. The van der Waals surface area contributed by atoms with Crippen LogP contribution < -0.4 is 15.0 Å². The third kappa shape index (κ3) is 4.80. The summed E-state index contributed by atoms with van der Waals surface area (Å²) in [6.07, 6.45) is 2.49. The molecule has 1 aliphatic heterocycles. The largest absolute Gasteiger partial charge is 0.478 e. The van der Waals surface area contributed by atoms with Crippen LogP contribution in [-0.2, 0) is 9.59 Å². The molecule has 27 heavy (non-hydrogen) atoms. The molecular weight excluding hydrogens is 364 g/mol. The number of piperidine rings is 1. The first kappa shape index (κ1) is 19.2. The van der Waals surface area contributed by atoms with Gasteiger partial charge in [0, 0.05) is 29.4 Å². The highest BCUT2D eigenvalue weighted by Crippen LogP contribution is 2.26. The Bertz CT molecular complexity index is 834. The van der Waals surface area contributed by atoms with Gasteiger partial charge in [-0.2, -0.15) is 0 Å². The van der Waals surface area contributed by atoms with Crippen molar-refractivity contribution < 1.29 is 14.3 Å². The normalized spacial score (nSPS) is 14.8. The summed E-state index contributed by atoms with van der Waals surface area (Å²) < 4.78 is 5.82. The Labute approximate surface area is 164 Å². The zero-order valence-electron chi connectivity index (χ0n) is 15.5. The Hall–Kier alpha value is -2.53. The lowest BCUT2D eigenvalue weighted by molar-refractivity contribution is -0.128. The molecule has 3 rings (SSSR count). The van der Waals surface area contributed by atoms with Gasteiger partial charge >= 0.3 is 0 Å². The molecule has 0 atom stereocenters. The quantitative estimate of drug-likeness (QED) is 0.813. The summed E-state index contributed by atoms with van der Waals surface area (Å²) in [6, 6.07) is 14.2. The molecule has 0 unspecified atom stereocenters. The second kappa shape index (κ2) is 8.01. The van der Waals surface area contributed by atoms with Gasteiger partial charge in [-0.25, -0.2) is 0 Å². The third-order valence-corrected chi connectivity index (χ3v) is 4.72. The number of carbonyl (C=O) groups excluding carboxylic acids is 2. The predicted molar refractivity (Wildman–Crippen MR) is 107 cm³/mol. The van der Waals surface area contributed by atoms with Gasteiger partial charge < -0.3 is 15.0 Å². The zero-order chi connectivity index (χ0) is 19.4. The number of hydrogen-bond donors (Lipinski definition) is 1. The fourth-order valence-electron chi connectivity index (χ4n) is 2.96. The first-order valence-corrected chi connectivity index (χ1v) is 9.39. The summed E-state index contributed by atoms with van der Waals surface area (Å²) in [5.74, 6) is 0.405. The maximum absolute atomic E-state index is 12.7. The van der Waals surface area contributed by atoms with Crippen LogP contribution in [0.4, 0.5) is 11.4 Å². The van der Waals surface area contributed by atoms with Crippen molar-refractivity contribution in [3.05, 3.63) is 53.6 Å². The molecule has 0 saturated carbocycles. The van der Waals surface area contributed by atoms with E-state index in [4.69, 9.17) is 16.3 Å². The maximum atomic E-state index is 12.7. The number of hydrogen-bond acceptors (Lipinski definition) is 3. The average Bonchev–Trinajstić information content (AvgIpc) is 2.64. The van der Waals surface area contributed by atoms with Crippen molar-refractivity contribution in [1.82, 2.24) is 0 Å². The van der Waals surface area contributed by atoms with Gasteiger partial charge in [-0.1, -0.05) is 17.7 Å². The van der Waals surface area contributed by atoms with Gasteiger partial charge in [-0.05, 0) is 69.2 Å². The molecule has 2 aromatic rings. The Balaban J connectivity index is 1.70. The van der Waals surface area contributed by atoms with Gasteiger partial charge in [0.25, 0.3) is 5.91 Å². The summed E-state index contributed by atoms with van der Waals surface area (Å²) >= 11 is 5.88. The van der Waals surface area contributed by atoms with E-state index in [1.807, 2.05) is 18.2 Å². The standard InChI is InChI=1S/C21H23ClN2O3/c1-21(2,27-18-11-9-15(22)10-12-18)20(26)23-16-6-5-7-17(14-16)24-13-4-3-8-19(24)25/h5-7,9-12,14H,3-4,8,13H2,1-2H3,(H,23,26). The second-order valence-electron chi connectivity index (χ2n) is 7.07. The number of nitrogens with zero attached hydrogens (tertiary/aromatic N) is 1. The number of rotatable bonds is 5. The van der Waals surface area contributed by atoms with E-state index in [-0.39, 0.29) is 11.8 Å². The molecule has 1 aliphatic rings. The fourth-order valence-corrected chi connectivity index (χ4v) is 3.08. The van der Waals surface area contributed by atoms with Crippen LogP contribution in [-0.4, -0.2) is 24.0 Å². The molecular formula is C21H23ClN2O3. The minimum absolute atomic E-state index is 0.121. The van der Waals surface area contributed by atoms with Crippen molar-refractivity contribution in [3.63, 3.8) is 0 Å². The number of amides is 2. The maximum Gasteiger partial charge on any atom is 0.267 e. The van der Waals surface area contributed by atoms with Gasteiger partial charge in [0.15, 0.2) is 5.60 Å². The predicted octanol–water partition coefficient (Wildman–Crippen LogP) is 4.65. The number of halogens is 1. The molecule has 1 heterocycles. The molecule has 1 N–H and O–H groups in total. The van der Waals surface area contributed by atoms with Gasteiger partial charge in [0.1, 0.15) is 5.75 Å². The highest BCUT2D eigenvalue weighted by molar-refractivity contribution is 6.30. The molecule has 142 valence electrons. The lowest BCUT2D eigenvalue weighted by Gasteiger charge is -2.28. The molecule has 1 fully saturated rings. The lowest BCUT2D eigenvalue weighted by Crippen LogP contribution is -2.42. The number of carbonyl (C=O) groups is 2. The van der Waals surface area contributed by atoms with Crippen molar-refractivity contribution >= 4 is 34.8 Å². The van der Waals surface area contributed by atoms with Crippen molar-refractivity contribution in [1.29, 1.82) is 0 Å². The topological polar surface area (TPSA) is 58.6 Å². The van der Waals surface area contributed by atoms with E-state index in [1.165, 1.54) is 0 Å². The highest BCUT2D eigenvalue weighted by Gasteiger charge is 2.30. The third-order valence-electron chi connectivity index (χ3n) is 4.47. The van der Waals surface area contributed by atoms with E-state index in [1.54, 1.807) is 49.1 Å². The van der Waals surface area contributed by atoms with Crippen LogP contribution in [0.25, 0.3) is 0 Å². The van der Waals surface area contributed by atoms with Crippen LogP contribution in [0.2, 0.25) is 5.02 Å². The molecule has 1 saturated heterocycles. The fraction of sp³-hybridized carbons (Fsp3) is 0.333. The average molecular weight is 387 g/mol. The van der Waals surface area contributed by atoms with Crippen molar-refractivity contribution in [3.8, 4) is 5.75 Å². The van der Waals surface area contributed by atoms with E-state index >= 15 is 0 Å². The Kier molecular flexibility index (Phi) is 5.71. The highest BCUT2D eigenvalue weighted by atomic mass is 35.5. The summed E-state index contributed by atoms with van der Waals surface area (Å²) in [6.45, 7) is 4.12. The molecule has 0 aliphatic carbocycles. The first-order valence-electron chi connectivity index (χ1n) is 9.02. The SMILES string of the molecule is CC(C)(Oc1ccc(Cl)cc1)C(=O)Nc1cccc(N2CCCCC2=O)c1. The van der Waals surface area contributed by atoms with Crippen molar-refractivity contribution in [2.75, 3.05) is 16.8 Å². The monoisotopic (exact) mass is 386 g/mol. The number of anilines is 2. The molecule has 5 nitrogen and oxygen atoms in total. The van der Waals surface area contributed by atoms with E-state index in [0.29, 0.717) is 29.4 Å². The first-order chi connectivity index (χ1) is 12.8. The molecule has 2 aromatic carbocycles. The molecule has 0 aromatic heterocycles. The summed E-state index contributed by atoms with van der Waals surface area (Å²) in [7, 11) is 0. The number of ether oxygens (including phenoxy) is 1. The minimum atomic E-state index is -1.08. The number of nitrogens with one attached hydrogen (secondary N) is 1. The second-order valence-corrected chi connectivity index (χ2v) is 7.51. The summed E-state index contributed by atoms with van der Waals surface area (Å²) in [4.78, 5) is 26.6. The van der Waals surface area contributed by atoms with Crippen molar-refractivity contribution in [2.24, 2.45) is 0 Å².